The molecule has 0 unspecified atom stereocenters. The van der Waals surface area contributed by atoms with Gasteiger partial charge in [0.25, 0.3) is 0 Å². The molecule has 1 amide bonds. The van der Waals surface area contributed by atoms with E-state index in [0.29, 0.717) is 5.92 Å². The van der Waals surface area contributed by atoms with Crippen LogP contribution in [0.15, 0.2) is 0 Å². The molecule has 0 bridgehead atoms. The van der Waals surface area contributed by atoms with E-state index in [2.05, 4.69) is 0 Å². The van der Waals surface area contributed by atoms with Crippen molar-refractivity contribution in [2.45, 2.75) is 46.6 Å². The first kappa shape index (κ1) is 12.2. The van der Waals surface area contributed by atoms with Gasteiger partial charge in [-0.05, 0) is 25.7 Å². The largest absolute Gasteiger partial charge is 0.332 e. The van der Waals surface area contributed by atoms with Crippen LogP contribution in [-0.4, -0.2) is 29.2 Å². The molecule has 0 saturated carbocycles. The second kappa shape index (κ2) is 4.77. The van der Waals surface area contributed by atoms with E-state index in [1.165, 1.54) is 0 Å². The maximum Gasteiger partial charge on any atom is 0.226 e. The highest BCUT2D eigenvalue weighted by atomic mass is 16.2. The molecule has 2 atom stereocenters. The van der Waals surface area contributed by atoms with E-state index in [1.54, 1.807) is 11.8 Å². The van der Waals surface area contributed by atoms with E-state index in [4.69, 9.17) is 0 Å². The number of likely N-dealkylation sites (tertiary alicyclic amines) is 1. The van der Waals surface area contributed by atoms with Crippen LogP contribution in [0, 0.1) is 11.8 Å². The van der Waals surface area contributed by atoms with Crippen LogP contribution in [-0.2, 0) is 9.59 Å². The molecule has 0 N–H and O–H groups in total. The average Bonchev–Trinajstić information content (AvgIpc) is 2.63. The third-order valence-corrected chi connectivity index (χ3v) is 3.39. The molecular formula is C12H21NO2. The summed E-state index contributed by atoms with van der Waals surface area (Å²) in [5.41, 5.74) is 0. The van der Waals surface area contributed by atoms with Gasteiger partial charge in [-0.2, -0.15) is 0 Å². The van der Waals surface area contributed by atoms with E-state index in [0.717, 1.165) is 19.4 Å². The standard InChI is InChI=1S/C12H21NO2/c1-8(2)9(3)12(15)13-7-5-6-11(13)10(4)14/h8-9,11H,5-7H2,1-4H3/t9-,11+/m0/s1. The van der Waals surface area contributed by atoms with Gasteiger partial charge in [-0.25, -0.2) is 0 Å². The summed E-state index contributed by atoms with van der Waals surface area (Å²) in [4.78, 5) is 25.2. The SMILES string of the molecule is CC(=O)[C@H]1CCCN1C(=O)[C@@H](C)C(C)C. The van der Waals surface area contributed by atoms with Gasteiger partial charge in [0.15, 0.2) is 5.78 Å². The van der Waals surface area contributed by atoms with Crippen LogP contribution < -0.4 is 0 Å². The average molecular weight is 211 g/mol. The molecule has 1 saturated heterocycles. The molecule has 86 valence electrons. The topological polar surface area (TPSA) is 37.4 Å². The first-order valence-corrected chi connectivity index (χ1v) is 5.76. The Morgan fingerprint density at radius 3 is 2.33 bits per heavy atom. The van der Waals surface area contributed by atoms with Gasteiger partial charge in [-0.15, -0.1) is 0 Å². The molecule has 1 rings (SSSR count). The van der Waals surface area contributed by atoms with Crippen LogP contribution in [0.1, 0.15) is 40.5 Å². The fourth-order valence-corrected chi connectivity index (χ4v) is 2.00. The Balaban J connectivity index is 2.70. The molecule has 1 heterocycles. The molecule has 0 aliphatic carbocycles. The number of carbonyl (C=O) groups is 2. The van der Waals surface area contributed by atoms with Crippen LogP contribution in [0.5, 0.6) is 0 Å². The number of nitrogens with zero attached hydrogens (tertiary/aromatic N) is 1. The summed E-state index contributed by atoms with van der Waals surface area (Å²) < 4.78 is 0. The van der Waals surface area contributed by atoms with Crippen molar-refractivity contribution in [1.29, 1.82) is 0 Å². The smallest absolute Gasteiger partial charge is 0.226 e. The molecule has 0 radical (unpaired) electrons. The van der Waals surface area contributed by atoms with Gasteiger partial charge in [0.1, 0.15) is 0 Å². The summed E-state index contributed by atoms with van der Waals surface area (Å²) in [5, 5.41) is 0. The molecule has 0 aromatic heterocycles. The second-order valence-electron chi connectivity index (χ2n) is 4.83. The molecule has 15 heavy (non-hydrogen) atoms. The third-order valence-electron chi connectivity index (χ3n) is 3.39. The van der Waals surface area contributed by atoms with Crippen molar-refractivity contribution in [3.05, 3.63) is 0 Å². The van der Waals surface area contributed by atoms with E-state index in [1.807, 2.05) is 20.8 Å². The number of Topliss-reactive ketones (excluding diaryl/α,β-unsaturated/α-hetero) is 1. The maximum absolute atomic E-state index is 12.1. The van der Waals surface area contributed by atoms with Gasteiger partial charge in [0, 0.05) is 12.5 Å². The van der Waals surface area contributed by atoms with Crippen LogP contribution in [0.4, 0.5) is 0 Å². The van der Waals surface area contributed by atoms with Crippen molar-refractivity contribution in [3.63, 3.8) is 0 Å². The maximum atomic E-state index is 12.1. The fraction of sp³-hybridized carbons (Fsp3) is 0.833. The summed E-state index contributed by atoms with van der Waals surface area (Å²) in [7, 11) is 0. The minimum absolute atomic E-state index is 0.0185. The lowest BCUT2D eigenvalue weighted by Gasteiger charge is -2.27. The lowest BCUT2D eigenvalue weighted by Crippen LogP contribution is -2.43. The Bertz CT molecular complexity index is 260. The van der Waals surface area contributed by atoms with Crippen LogP contribution in [0.2, 0.25) is 0 Å². The van der Waals surface area contributed by atoms with Gasteiger partial charge >= 0.3 is 0 Å². The summed E-state index contributed by atoms with van der Waals surface area (Å²) in [6.07, 6.45) is 1.80. The number of ketones is 1. The van der Waals surface area contributed by atoms with Crippen molar-refractivity contribution >= 4 is 11.7 Å². The van der Waals surface area contributed by atoms with Crippen molar-refractivity contribution in [2.24, 2.45) is 11.8 Å². The Hall–Kier alpha value is -0.860. The van der Waals surface area contributed by atoms with Gasteiger partial charge in [-0.3, -0.25) is 9.59 Å². The highest BCUT2D eigenvalue weighted by molar-refractivity contribution is 5.88. The molecule has 1 fully saturated rings. The highest BCUT2D eigenvalue weighted by Gasteiger charge is 2.34. The second-order valence-corrected chi connectivity index (χ2v) is 4.83. The van der Waals surface area contributed by atoms with E-state index >= 15 is 0 Å². The van der Waals surface area contributed by atoms with E-state index in [9.17, 15) is 9.59 Å². The highest BCUT2D eigenvalue weighted by Crippen LogP contribution is 2.23. The minimum atomic E-state index is -0.154. The summed E-state index contributed by atoms with van der Waals surface area (Å²) in [6.45, 7) is 8.36. The Morgan fingerprint density at radius 1 is 1.27 bits per heavy atom. The number of amides is 1. The Kier molecular flexibility index (Phi) is 3.89. The monoisotopic (exact) mass is 211 g/mol. The molecule has 3 heteroatoms. The van der Waals surface area contributed by atoms with Gasteiger partial charge in [0.05, 0.1) is 6.04 Å². The Morgan fingerprint density at radius 2 is 1.87 bits per heavy atom. The molecule has 3 nitrogen and oxygen atoms in total. The van der Waals surface area contributed by atoms with Crippen molar-refractivity contribution in [1.82, 2.24) is 4.90 Å². The molecule has 0 aromatic rings. The zero-order chi connectivity index (χ0) is 11.6. The van der Waals surface area contributed by atoms with Crippen molar-refractivity contribution in [2.75, 3.05) is 6.54 Å². The van der Waals surface area contributed by atoms with Crippen LogP contribution in [0.25, 0.3) is 0 Å². The number of hydrogen-bond donors (Lipinski definition) is 0. The fourth-order valence-electron chi connectivity index (χ4n) is 2.00. The summed E-state index contributed by atoms with van der Waals surface area (Å²) in [5.74, 6) is 0.621. The molecule has 1 aliphatic heterocycles. The van der Waals surface area contributed by atoms with Crippen LogP contribution >= 0.6 is 0 Å². The summed E-state index contributed by atoms with van der Waals surface area (Å²) >= 11 is 0. The number of rotatable bonds is 3. The number of hydrogen-bond acceptors (Lipinski definition) is 2. The predicted octanol–water partition coefficient (Wildman–Crippen LogP) is 1.86. The number of carbonyl (C=O) groups excluding carboxylic acids is 2. The minimum Gasteiger partial charge on any atom is -0.332 e. The zero-order valence-electron chi connectivity index (χ0n) is 10.1. The lowest BCUT2D eigenvalue weighted by atomic mass is 9.96. The third kappa shape index (κ3) is 2.58. The molecule has 0 spiro atoms. The van der Waals surface area contributed by atoms with Crippen molar-refractivity contribution < 1.29 is 9.59 Å². The van der Waals surface area contributed by atoms with E-state index < -0.39 is 0 Å². The zero-order valence-corrected chi connectivity index (χ0v) is 10.1. The molecular weight excluding hydrogens is 190 g/mol. The Labute approximate surface area is 91.8 Å². The first-order chi connectivity index (χ1) is 6.95. The van der Waals surface area contributed by atoms with Gasteiger partial charge in [-0.1, -0.05) is 20.8 Å². The quantitative estimate of drug-likeness (QED) is 0.714. The van der Waals surface area contributed by atoms with Gasteiger partial charge < -0.3 is 4.90 Å². The summed E-state index contributed by atoms with van der Waals surface area (Å²) in [6, 6.07) is -0.154. The van der Waals surface area contributed by atoms with Crippen LogP contribution in [0.3, 0.4) is 0 Å². The lowest BCUT2D eigenvalue weighted by molar-refractivity contribution is -0.141. The molecule has 0 aromatic carbocycles. The normalized spacial score (nSPS) is 23.3. The van der Waals surface area contributed by atoms with E-state index in [-0.39, 0.29) is 23.7 Å². The van der Waals surface area contributed by atoms with Crippen molar-refractivity contribution in [3.8, 4) is 0 Å². The first-order valence-electron chi connectivity index (χ1n) is 5.76. The molecule has 1 aliphatic rings. The predicted molar refractivity (Wildman–Crippen MR) is 59.4 cm³/mol. The van der Waals surface area contributed by atoms with Gasteiger partial charge in [0.2, 0.25) is 5.91 Å².